The maximum atomic E-state index is 13.3. The molecule has 0 aliphatic rings. The highest BCUT2D eigenvalue weighted by Gasteiger charge is 2.12. The number of hydrogen-bond acceptors (Lipinski definition) is 5. The van der Waals surface area contributed by atoms with Crippen LogP contribution in [0.2, 0.25) is 0 Å². The number of aromatic nitrogens is 2. The van der Waals surface area contributed by atoms with Gasteiger partial charge < -0.3 is 15.7 Å². The third kappa shape index (κ3) is 3.16. The summed E-state index contributed by atoms with van der Waals surface area (Å²) in [6, 6.07) is 5.49. The molecule has 0 fully saturated rings. The Bertz CT molecular complexity index is 632. The van der Waals surface area contributed by atoms with Crippen molar-refractivity contribution in [2.24, 2.45) is 10.9 Å². The van der Waals surface area contributed by atoms with Crippen LogP contribution in [0.1, 0.15) is 11.3 Å². The number of halogens is 2. The zero-order valence-corrected chi connectivity index (χ0v) is 10.1. The van der Waals surface area contributed by atoms with Gasteiger partial charge in [0, 0.05) is 0 Å². The third-order valence-electron chi connectivity index (χ3n) is 2.35. The highest BCUT2D eigenvalue weighted by Crippen LogP contribution is 2.10. The smallest absolute Gasteiger partial charge is 0.317 e. The maximum Gasteiger partial charge on any atom is 0.317 e. The van der Waals surface area contributed by atoms with Crippen LogP contribution in [0.3, 0.4) is 0 Å². The van der Waals surface area contributed by atoms with Crippen molar-refractivity contribution in [3.05, 3.63) is 53.4 Å². The summed E-state index contributed by atoms with van der Waals surface area (Å²) in [6.07, 6.45) is 0.848. The lowest BCUT2D eigenvalue weighted by Gasteiger charge is -2.06. The Morgan fingerprint density at radius 1 is 1.30 bits per heavy atom. The Morgan fingerprint density at radius 3 is 2.65 bits per heavy atom. The van der Waals surface area contributed by atoms with E-state index in [9.17, 15) is 8.78 Å². The molecule has 0 amide bonds. The molecule has 0 unspecified atom stereocenters. The molecule has 3 N–H and O–H groups in total. The third-order valence-corrected chi connectivity index (χ3v) is 2.35. The van der Waals surface area contributed by atoms with Crippen LogP contribution >= 0.6 is 0 Å². The largest absolute Gasteiger partial charge is 0.459 e. The van der Waals surface area contributed by atoms with Crippen molar-refractivity contribution in [2.45, 2.75) is 6.61 Å². The van der Waals surface area contributed by atoms with E-state index < -0.39 is 11.7 Å². The minimum Gasteiger partial charge on any atom is -0.459 e. The average Bonchev–Trinajstić information content (AvgIpc) is 2.47. The van der Waals surface area contributed by atoms with Crippen LogP contribution in [0.15, 0.2) is 35.6 Å². The van der Waals surface area contributed by atoms with Gasteiger partial charge in [-0.1, -0.05) is 17.3 Å². The van der Waals surface area contributed by atoms with E-state index in [-0.39, 0.29) is 24.1 Å². The van der Waals surface area contributed by atoms with Crippen LogP contribution in [0.25, 0.3) is 0 Å². The molecular formula is C12H10F2N4O2. The summed E-state index contributed by atoms with van der Waals surface area (Å²) in [6.45, 7) is 0.0710. The molecule has 0 atom stereocenters. The molecule has 0 spiro atoms. The zero-order chi connectivity index (χ0) is 14.5. The number of rotatable bonds is 4. The van der Waals surface area contributed by atoms with Gasteiger partial charge in [0.05, 0.1) is 6.20 Å². The lowest BCUT2D eigenvalue weighted by Crippen LogP contribution is -2.18. The lowest BCUT2D eigenvalue weighted by atomic mass is 10.2. The number of nitrogens with two attached hydrogens (primary N) is 1. The average molecular weight is 280 g/mol. The molecule has 1 heterocycles. The van der Waals surface area contributed by atoms with Crippen LogP contribution in [-0.2, 0) is 6.61 Å². The number of benzene rings is 1. The number of hydrogen-bond donors (Lipinski definition) is 2. The van der Waals surface area contributed by atoms with E-state index in [1.807, 2.05) is 0 Å². The highest BCUT2D eigenvalue weighted by molar-refractivity contribution is 5.95. The van der Waals surface area contributed by atoms with E-state index in [0.29, 0.717) is 5.56 Å². The quantitative estimate of drug-likeness (QED) is 0.382. The van der Waals surface area contributed by atoms with Crippen molar-refractivity contribution in [1.29, 1.82) is 0 Å². The number of oxime groups is 1. The van der Waals surface area contributed by atoms with Crippen molar-refractivity contribution in [3.8, 4) is 6.01 Å². The maximum absolute atomic E-state index is 13.3. The molecule has 0 aliphatic heterocycles. The fraction of sp³-hybridized carbons (Fsp3) is 0.0833. The van der Waals surface area contributed by atoms with Gasteiger partial charge in [-0.25, -0.2) is 13.8 Å². The highest BCUT2D eigenvalue weighted by atomic mass is 19.1. The standard InChI is InChI=1S/C12H10F2N4O2/c13-8-3-1-7(2-4-8)6-20-12-16-5-9(14)10(17-12)11(15)18-19/h1-5,19H,6H2,(H2,15,18). The summed E-state index contributed by atoms with van der Waals surface area (Å²) in [5.74, 6) is -1.69. The molecule has 2 aromatic rings. The second kappa shape index (κ2) is 5.91. The number of amidine groups is 1. The summed E-state index contributed by atoms with van der Waals surface area (Å²) in [5.41, 5.74) is 5.58. The molecule has 104 valence electrons. The monoisotopic (exact) mass is 280 g/mol. The van der Waals surface area contributed by atoms with Gasteiger partial charge in [0.15, 0.2) is 17.3 Å². The van der Waals surface area contributed by atoms with E-state index >= 15 is 0 Å². The van der Waals surface area contributed by atoms with Crippen LogP contribution in [0.4, 0.5) is 8.78 Å². The van der Waals surface area contributed by atoms with E-state index in [4.69, 9.17) is 15.7 Å². The first-order valence-corrected chi connectivity index (χ1v) is 5.48. The molecular weight excluding hydrogens is 270 g/mol. The minimum atomic E-state index is -0.838. The molecule has 0 saturated carbocycles. The lowest BCUT2D eigenvalue weighted by molar-refractivity contribution is 0.278. The van der Waals surface area contributed by atoms with Gasteiger partial charge in [-0.2, -0.15) is 4.98 Å². The fourth-order valence-corrected chi connectivity index (χ4v) is 1.38. The Balaban J connectivity index is 2.12. The first-order valence-electron chi connectivity index (χ1n) is 5.48. The van der Waals surface area contributed by atoms with Gasteiger partial charge in [-0.3, -0.25) is 0 Å². The van der Waals surface area contributed by atoms with Crippen molar-refractivity contribution in [1.82, 2.24) is 9.97 Å². The van der Waals surface area contributed by atoms with E-state index in [2.05, 4.69) is 15.1 Å². The minimum absolute atomic E-state index is 0.0710. The van der Waals surface area contributed by atoms with E-state index in [1.54, 1.807) is 0 Å². The first-order chi connectivity index (χ1) is 9.60. The Morgan fingerprint density at radius 2 is 2.00 bits per heavy atom. The van der Waals surface area contributed by atoms with Crippen molar-refractivity contribution < 1.29 is 18.7 Å². The first kappa shape index (κ1) is 13.7. The summed E-state index contributed by atoms with van der Waals surface area (Å²) in [5, 5.41) is 11.2. The topological polar surface area (TPSA) is 93.6 Å². The Hall–Kier alpha value is -2.77. The second-order valence-electron chi connectivity index (χ2n) is 3.75. The van der Waals surface area contributed by atoms with Gasteiger partial charge in [0.2, 0.25) is 0 Å². The van der Waals surface area contributed by atoms with Crippen LogP contribution in [-0.4, -0.2) is 21.0 Å². The second-order valence-corrected chi connectivity index (χ2v) is 3.75. The van der Waals surface area contributed by atoms with Crippen molar-refractivity contribution in [2.75, 3.05) is 0 Å². The molecule has 2 rings (SSSR count). The molecule has 0 radical (unpaired) electrons. The Labute approximate surface area is 112 Å². The number of nitrogens with zero attached hydrogens (tertiary/aromatic N) is 3. The fourth-order valence-electron chi connectivity index (χ4n) is 1.38. The van der Waals surface area contributed by atoms with Crippen molar-refractivity contribution >= 4 is 5.84 Å². The molecule has 6 nitrogen and oxygen atoms in total. The molecule has 20 heavy (non-hydrogen) atoms. The normalized spacial score (nSPS) is 11.4. The molecule has 0 aliphatic carbocycles. The molecule has 0 bridgehead atoms. The van der Waals surface area contributed by atoms with Crippen molar-refractivity contribution in [3.63, 3.8) is 0 Å². The summed E-state index contributed by atoms with van der Waals surface area (Å²) >= 11 is 0. The summed E-state index contributed by atoms with van der Waals surface area (Å²) in [4.78, 5) is 7.29. The van der Waals surface area contributed by atoms with Gasteiger partial charge in [0.1, 0.15) is 12.4 Å². The predicted molar refractivity (Wildman–Crippen MR) is 65.2 cm³/mol. The summed E-state index contributed by atoms with van der Waals surface area (Å²) in [7, 11) is 0. The van der Waals surface area contributed by atoms with Gasteiger partial charge >= 0.3 is 6.01 Å². The molecule has 1 aromatic heterocycles. The van der Waals surface area contributed by atoms with Crippen LogP contribution < -0.4 is 10.5 Å². The van der Waals surface area contributed by atoms with Crippen LogP contribution in [0, 0.1) is 11.6 Å². The van der Waals surface area contributed by atoms with Crippen LogP contribution in [0.5, 0.6) is 6.01 Å². The SMILES string of the molecule is N/C(=N\O)c1nc(OCc2ccc(F)cc2)ncc1F. The van der Waals surface area contributed by atoms with Gasteiger partial charge in [-0.05, 0) is 17.7 Å². The molecule has 8 heteroatoms. The number of ether oxygens (including phenoxy) is 1. The van der Waals surface area contributed by atoms with Gasteiger partial charge in [0.25, 0.3) is 0 Å². The van der Waals surface area contributed by atoms with Gasteiger partial charge in [-0.15, -0.1) is 0 Å². The zero-order valence-electron chi connectivity index (χ0n) is 10.1. The predicted octanol–water partition coefficient (Wildman–Crippen LogP) is 1.43. The van der Waals surface area contributed by atoms with E-state index in [1.165, 1.54) is 24.3 Å². The molecule has 0 saturated heterocycles. The molecule has 1 aromatic carbocycles. The Kier molecular flexibility index (Phi) is 4.04. The van der Waals surface area contributed by atoms with E-state index in [0.717, 1.165) is 6.20 Å². The summed E-state index contributed by atoms with van der Waals surface area (Å²) < 4.78 is 31.3.